The number of hydrogen-bond acceptors (Lipinski definition) is 4. The Morgan fingerprint density at radius 2 is 2.20 bits per heavy atom. The molecule has 0 radical (unpaired) electrons. The Morgan fingerprint density at radius 3 is 2.88 bits per heavy atom. The molecule has 6 nitrogen and oxygen atoms in total. The van der Waals surface area contributed by atoms with Gasteiger partial charge in [-0.05, 0) is 24.6 Å². The van der Waals surface area contributed by atoms with Crippen molar-refractivity contribution < 1.29 is 18.0 Å². The summed E-state index contributed by atoms with van der Waals surface area (Å²) in [5.41, 5.74) is -0.466. The zero-order valence-electron chi connectivity index (χ0n) is 13.0. The Bertz CT molecular complexity index is 824. The van der Waals surface area contributed by atoms with Crippen molar-refractivity contribution in [3.8, 4) is 11.9 Å². The van der Waals surface area contributed by atoms with E-state index in [1.807, 2.05) is 6.19 Å². The van der Waals surface area contributed by atoms with E-state index < -0.39 is 11.7 Å². The molecule has 0 saturated carbocycles. The lowest BCUT2D eigenvalue weighted by molar-refractivity contribution is -0.137. The van der Waals surface area contributed by atoms with Crippen LogP contribution < -0.4 is 5.32 Å². The molecule has 1 amide bonds. The van der Waals surface area contributed by atoms with Gasteiger partial charge in [0.05, 0.1) is 17.7 Å². The average molecular weight is 349 g/mol. The van der Waals surface area contributed by atoms with Crippen LogP contribution in [0.15, 0.2) is 36.8 Å². The number of nitrogens with zero attached hydrogens (tertiary/aromatic N) is 4. The number of rotatable bonds is 3. The molecular formula is C16H14F3N5O. The first-order valence-electron chi connectivity index (χ1n) is 7.54. The Hall–Kier alpha value is -3.02. The summed E-state index contributed by atoms with van der Waals surface area (Å²) in [5, 5.41) is 11.4. The maximum Gasteiger partial charge on any atom is 0.416 e. The van der Waals surface area contributed by atoms with Gasteiger partial charge in [-0.15, -0.1) is 0 Å². The van der Waals surface area contributed by atoms with Gasteiger partial charge in [0.15, 0.2) is 12.0 Å². The first-order valence-corrected chi connectivity index (χ1v) is 7.54. The molecule has 9 heteroatoms. The second kappa shape index (κ2) is 6.47. The number of nitriles is 1. The lowest BCUT2D eigenvalue weighted by Crippen LogP contribution is -2.25. The molecule has 1 fully saturated rings. The van der Waals surface area contributed by atoms with Crippen molar-refractivity contribution in [1.29, 1.82) is 5.26 Å². The van der Waals surface area contributed by atoms with E-state index in [9.17, 15) is 18.0 Å². The number of amides is 1. The highest BCUT2D eigenvalue weighted by Gasteiger charge is 2.31. The van der Waals surface area contributed by atoms with Crippen molar-refractivity contribution >= 4 is 11.7 Å². The first kappa shape index (κ1) is 16.8. The monoisotopic (exact) mass is 349 g/mol. The third kappa shape index (κ3) is 3.74. The summed E-state index contributed by atoms with van der Waals surface area (Å²) < 4.78 is 39.8. The average Bonchev–Trinajstić information content (AvgIpc) is 3.23. The molecule has 1 saturated heterocycles. The quantitative estimate of drug-likeness (QED) is 0.865. The summed E-state index contributed by atoms with van der Waals surface area (Å²) in [6, 6.07) is 4.83. The van der Waals surface area contributed by atoms with Crippen LogP contribution in [-0.2, 0) is 11.0 Å². The lowest BCUT2D eigenvalue weighted by Gasteiger charge is -2.09. The fraction of sp³-hybridized carbons (Fsp3) is 0.312. The third-order valence-corrected chi connectivity index (χ3v) is 4.01. The second-order valence-corrected chi connectivity index (χ2v) is 5.74. The van der Waals surface area contributed by atoms with Crippen LogP contribution in [0.1, 0.15) is 12.0 Å². The smallest absolute Gasteiger partial charge is 0.310 e. The van der Waals surface area contributed by atoms with Gasteiger partial charge in [0, 0.05) is 18.8 Å². The minimum Gasteiger partial charge on any atom is -0.310 e. The van der Waals surface area contributed by atoms with E-state index in [4.69, 9.17) is 5.26 Å². The Morgan fingerprint density at radius 1 is 1.40 bits per heavy atom. The second-order valence-electron chi connectivity index (χ2n) is 5.74. The highest BCUT2D eigenvalue weighted by molar-refractivity contribution is 5.92. The molecule has 2 aromatic rings. The molecule has 1 aliphatic rings. The van der Waals surface area contributed by atoms with Gasteiger partial charge >= 0.3 is 6.18 Å². The van der Waals surface area contributed by atoms with Gasteiger partial charge < -0.3 is 14.8 Å². The lowest BCUT2D eigenvalue weighted by atomic mass is 10.1. The zero-order valence-corrected chi connectivity index (χ0v) is 13.0. The zero-order chi connectivity index (χ0) is 18.0. The van der Waals surface area contributed by atoms with Crippen LogP contribution in [-0.4, -0.2) is 33.4 Å². The number of nitrogens with one attached hydrogen (secondary N) is 1. The van der Waals surface area contributed by atoms with E-state index >= 15 is 0 Å². The number of carbonyl (C=O) groups is 1. The Labute approximate surface area is 141 Å². The molecule has 3 rings (SSSR count). The predicted octanol–water partition coefficient (Wildman–Crippen LogP) is 2.63. The van der Waals surface area contributed by atoms with Gasteiger partial charge in [-0.1, -0.05) is 6.07 Å². The minimum absolute atomic E-state index is 0.248. The molecule has 25 heavy (non-hydrogen) atoms. The van der Waals surface area contributed by atoms with Crippen LogP contribution in [0.25, 0.3) is 5.69 Å². The number of alkyl halides is 3. The number of hydrogen-bond donors (Lipinski definition) is 1. The van der Waals surface area contributed by atoms with Crippen LogP contribution in [0.2, 0.25) is 0 Å². The molecule has 0 aliphatic carbocycles. The first-order chi connectivity index (χ1) is 11.9. The van der Waals surface area contributed by atoms with Crippen LogP contribution in [0.4, 0.5) is 19.0 Å². The van der Waals surface area contributed by atoms with Crippen molar-refractivity contribution in [2.75, 3.05) is 18.4 Å². The molecule has 130 valence electrons. The maximum atomic E-state index is 12.8. The maximum absolute atomic E-state index is 12.8. The fourth-order valence-corrected chi connectivity index (χ4v) is 2.66. The number of carbonyl (C=O) groups excluding carboxylic acids is 1. The number of halogens is 3. The molecular weight excluding hydrogens is 335 g/mol. The topological polar surface area (TPSA) is 74.0 Å². The van der Waals surface area contributed by atoms with Gasteiger partial charge in [0.1, 0.15) is 6.33 Å². The Balaban J connectivity index is 1.71. The van der Waals surface area contributed by atoms with Crippen LogP contribution in [0.3, 0.4) is 0 Å². The van der Waals surface area contributed by atoms with E-state index in [0.29, 0.717) is 25.2 Å². The molecule has 0 bridgehead atoms. The summed E-state index contributed by atoms with van der Waals surface area (Å²) in [7, 11) is 0. The van der Waals surface area contributed by atoms with E-state index in [1.165, 1.54) is 34.1 Å². The summed E-state index contributed by atoms with van der Waals surface area (Å²) in [4.78, 5) is 17.7. The number of benzene rings is 1. The largest absolute Gasteiger partial charge is 0.416 e. The number of likely N-dealkylation sites (tertiary alicyclic amines) is 1. The van der Waals surface area contributed by atoms with Crippen LogP contribution in [0.5, 0.6) is 0 Å². The minimum atomic E-state index is -4.43. The van der Waals surface area contributed by atoms with Gasteiger partial charge in [-0.3, -0.25) is 4.79 Å². The standard InChI is InChI=1S/C16H14F3N5O/c17-16(18,19)12-2-1-3-13(6-12)24-8-14(21-10-24)22-15(25)11-4-5-23(7-11)9-20/h1-3,6,8,10-11H,4-5,7H2,(H,22,25)/t11-/m0/s1. The third-order valence-electron chi connectivity index (χ3n) is 4.01. The molecule has 0 spiro atoms. The van der Waals surface area contributed by atoms with Gasteiger partial charge in [0.25, 0.3) is 0 Å². The van der Waals surface area contributed by atoms with Gasteiger partial charge in [-0.25, -0.2) is 4.98 Å². The van der Waals surface area contributed by atoms with Crippen molar-refractivity contribution in [2.24, 2.45) is 5.92 Å². The van der Waals surface area contributed by atoms with Crippen molar-refractivity contribution in [3.63, 3.8) is 0 Å². The van der Waals surface area contributed by atoms with Crippen molar-refractivity contribution in [1.82, 2.24) is 14.5 Å². The van der Waals surface area contributed by atoms with Gasteiger partial charge in [-0.2, -0.15) is 18.4 Å². The van der Waals surface area contributed by atoms with Crippen molar-refractivity contribution in [3.05, 3.63) is 42.4 Å². The highest BCUT2D eigenvalue weighted by atomic mass is 19.4. The van der Waals surface area contributed by atoms with E-state index in [1.54, 1.807) is 0 Å². The summed E-state index contributed by atoms with van der Waals surface area (Å²) in [6.45, 7) is 0.893. The SMILES string of the molecule is N#CN1CC[C@H](C(=O)Nc2cn(-c3cccc(C(F)(F)F)c3)cn2)C1. The van der Waals surface area contributed by atoms with Gasteiger partial charge in [0.2, 0.25) is 5.91 Å². The predicted molar refractivity (Wildman–Crippen MR) is 82.5 cm³/mol. The molecule has 1 aromatic carbocycles. The van der Waals surface area contributed by atoms with E-state index in [2.05, 4.69) is 10.3 Å². The molecule has 1 aromatic heterocycles. The number of aromatic nitrogens is 2. The summed E-state index contributed by atoms with van der Waals surface area (Å²) >= 11 is 0. The van der Waals surface area contributed by atoms with Crippen LogP contribution >= 0.6 is 0 Å². The fourth-order valence-electron chi connectivity index (χ4n) is 2.66. The highest BCUT2D eigenvalue weighted by Crippen LogP contribution is 2.30. The van der Waals surface area contributed by atoms with Crippen LogP contribution in [0, 0.1) is 17.4 Å². The molecule has 2 heterocycles. The van der Waals surface area contributed by atoms with E-state index in [-0.39, 0.29) is 17.6 Å². The molecule has 1 N–H and O–H groups in total. The molecule has 1 aliphatic heterocycles. The number of imidazole rings is 1. The Kier molecular flexibility index (Phi) is 4.35. The molecule has 1 atom stereocenters. The molecule has 0 unspecified atom stereocenters. The summed E-state index contributed by atoms with van der Waals surface area (Å²) in [6.07, 6.45) is 0.930. The normalized spacial score (nSPS) is 17.4. The van der Waals surface area contributed by atoms with Crippen molar-refractivity contribution in [2.45, 2.75) is 12.6 Å². The summed E-state index contributed by atoms with van der Waals surface area (Å²) in [5.74, 6) is -0.316. The number of anilines is 1. The van der Waals surface area contributed by atoms with E-state index in [0.717, 1.165) is 12.1 Å².